The van der Waals surface area contributed by atoms with Crippen LogP contribution in [0.25, 0.3) is 0 Å². The van der Waals surface area contributed by atoms with E-state index in [1.54, 1.807) is 0 Å². The van der Waals surface area contributed by atoms with Crippen LogP contribution < -0.4 is 9.47 Å². The Morgan fingerprint density at radius 3 is 2.50 bits per heavy atom. The number of ether oxygens (including phenoxy) is 2. The van der Waals surface area contributed by atoms with Crippen LogP contribution >= 0.6 is 15.9 Å². The second kappa shape index (κ2) is 5.49. The number of hydrogen-bond donors (Lipinski definition) is 0. The molecule has 0 amide bonds. The van der Waals surface area contributed by atoms with Gasteiger partial charge in [-0.15, -0.1) is 0 Å². The predicted molar refractivity (Wildman–Crippen MR) is 83.5 cm³/mol. The second-order valence-electron chi connectivity index (χ2n) is 5.33. The fraction of sp³-hybridized carbons (Fsp3) is 0.294. The van der Waals surface area contributed by atoms with Crippen molar-refractivity contribution in [2.24, 2.45) is 0 Å². The first-order chi connectivity index (χ1) is 9.63. The fourth-order valence-corrected chi connectivity index (χ4v) is 2.64. The van der Waals surface area contributed by atoms with Gasteiger partial charge in [0, 0.05) is 4.47 Å². The molecule has 0 fully saturated rings. The van der Waals surface area contributed by atoms with Gasteiger partial charge in [-0.05, 0) is 35.2 Å². The van der Waals surface area contributed by atoms with Crippen molar-refractivity contribution in [1.82, 2.24) is 0 Å². The molecule has 0 spiro atoms. The molecule has 0 radical (unpaired) electrons. The lowest BCUT2D eigenvalue weighted by Gasteiger charge is -2.27. The summed E-state index contributed by atoms with van der Waals surface area (Å²) in [6, 6.07) is 14.4. The van der Waals surface area contributed by atoms with Gasteiger partial charge in [0.15, 0.2) is 17.6 Å². The molecule has 0 saturated heterocycles. The van der Waals surface area contributed by atoms with Crippen LogP contribution in [0.4, 0.5) is 0 Å². The quantitative estimate of drug-likeness (QED) is 0.762. The van der Waals surface area contributed by atoms with Gasteiger partial charge in [-0.2, -0.15) is 0 Å². The first-order valence-electron chi connectivity index (χ1n) is 6.82. The van der Waals surface area contributed by atoms with Crippen molar-refractivity contribution in [3.8, 4) is 11.5 Å². The fourth-order valence-electron chi connectivity index (χ4n) is 2.30. The highest BCUT2D eigenvalue weighted by atomic mass is 79.9. The highest BCUT2D eigenvalue weighted by Gasteiger charge is 2.22. The third kappa shape index (κ3) is 2.68. The molecule has 0 aromatic heterocycles. The number of halogens is 1. The summed E-state index contributed by atoms with van der Waals surface area (Å²) >= 11 is 3.44. The van der Waals surface area contributed by atoms with Crippen LogP contribution in [0.2, 0.25) is 0 Å². The Balaban J connectivity index is 1.81. The van der Waals surface area contributed by atoms with Gasteiger partial charge in [-0.25, -0.2) is 0 Å². The average molecular weight is 333 g/mol. The van der Waals surface area contributed by atoms with E-state index in [1.165, 1.54) is 5.56 Å². The molecule has 1 atom stereocenters. The van der Waals surface area contributed by atoms with Crippen molar-refractivity contribution < 1.29 is 9.47 Å². The van der Waals surface area contributed by atoms with E-state index in [0.29, 0.717) is 12.5 Å². The summed E-state index contributed by atoms with van der Waals surface area (Å²) in [6.07, 6.45) is -0.0371. The van der Waals surface area contributed by atoms with Gasteiger partial charge >= 0.3 is 0 Å². The largest absolute Gasteiger partial charge is 0.485 e. The maximum atomic E-state index is 6.03. The predicted octanol–water partition coefficient (Wildman–Crippen LogP) is 5.09. The molecule has 0 aliphatic carbocycles. The molecule has 2 nitrogen and oxygen atoms in total. The highest BCUT2D eigenvalue weighted by molar-refractivity contribution is 9.10. The lowest BCUT2D eigenvalue weighted by atomic mass is 10.00. The molecule has 0 bridgehead atoms. The number of benzene rings is 2. The Bertz CT molecular complexity index is 605. The SMILES string of the molecule is CC(C)c1ccc(C2COc3cc(Br)ccc3O2)cc1. The zero-order chi connectivity index (χ0) is 14.1. The molecule has 2 aromatic carbocycles. The van der Waals surface area contributed by atoms with Gasteiger partial charge < -0.3 is 9.47 Å². The lowest BCUT2D eigenvalue weighted by Crippen LogP contribution is -2.21. The first-order valence-corrected chi connectivity index (χ1v) is 7.61. The van der Waals surface area contributed by atoms with Gasteiger partial charge in [0.25, 0.3) is 0 Å². The van der Waals surface area contributed by atoms with Gasteiger partial charge in [0.2, 0.25) is 0 Å². The summed E-state index contributed by atoms with van der Waals surface area (Å²) in [7, 11) is 0. The van der Waals surface area contributed by atoms with E-state index >= 15 is 0 Å². The van der Waals surface area contributed by atoms with Crippen LogP contribution in [0, 0.1) is 0 Å². The number of fused-ring (bicyclic) bond motifs is 1. The Morgan fingerprint density at radius 2 is 1.80 bits per heavy atom. The molecule has 2 aromatic rings. The monoisotopic (exact) mass is 332 g/mol. The Labute approximate surface area is 127 Å². The van der Waals surface area contributed by atoms with E-state index in [4.69, 9.17) is 9.47 Å². The third-order valence-electron chi connectivity index (χ3n) is 3.54. The lowest BCUT2D eigenvalue weighted by molar-refractivity contribution is 0.0912. The Morgan fingerprint density at radius 1 is 1.05 bits per heavy atom. The average Bonchev–Trinajstić information content (AvgIpc) is 2.47. The topological polar surface area (TPSA) is 18.5 Å². The summed E-state index contributed by atoms with van der Waals surface area (Å²) < 4.78 is 12.8. The molecular formula is C17H17BrO2. The molecule has 1 aliphatic rings. The van der Waals surface area contributed by atoms with Gasteiger partial charge in [0.1, 0.15) is 6.61 Å². The Kier molecular flexibility index (Phi) is 3.70. The second-order valence-corrected chi connectivity index (χ2v) is 6.25. The van der Waals surface area contributed by atoms with Crippen LogP contribution in [-0.4, -0.2) is 6.61 Å². The first kappa shape index (κ1) is 13.5. The smallest absolute Gasteiger partial charge is 0.162 e. The molecule has 3 heteroatoms. The van der Waals surface area contributed by atoms with E-state index in [2.05, 4.69) is 54.0 Å². The molecular weight excluding hydrogens is 316 g/mol. The van der Waals surface area contributed by atoms with Gasteiger partial charge in [-0.3, -0.25) is 0 Å². The maximum absolute atomic E-state index is 6.03. The minimum Gasteiger partial charge on any atom is -0.485 e. The summed E-state index contributed by atoms with van der Waals surface area (Å²) in [5, 5.41) is 0. The number of hydrogen-bond acceptors (Lipinski definition) is 2. The van der Waals surface area contributed by atoms with Crippen molar-refractivity contribution in [3.63, 3.8) is 0 Å². The maximum Gasteiger partial charge on any atom is 0.162 e. The zero-order valence-electron chi connectivity index (χ0n) is 11.6. The van der Waals surface area contributed by atoms with E-state index < -0.39 is 0 Å². The van der Waals surface area contributed by atoms with E-state index in [-0.39, 0.29) is 6.10 Å². The molecule has 1 heterocycles. The van der Waals surface area contributed by atoms with Crippen molar-refractivity contribution >= 4 is 15.9 Å². The van der Waals surface area contributed by atoms with Crippen LogP contribution in [0.3, 0.4) is 0 Å². The van der Waals surface area contributed by atoms with Crippen molar-refractivity contribution in [2.75, 3.05) is 6.61 Å². The Hall–Kier alpha value is -1.48. The molecule has 104 valence electrons. The summed E-state index contributed by atoms with van der Waals surface area (Å²) in [4.78, 5) is 0. The van der Waals surface area contributed by atoms with Crippen LogP contribution in [-0.2, 0) is 0 Å². The molecule has 3 rings (SSSR count). The normalized spacial score (nSPS) is 17.3. The molecule has 1 aliphatic heterocycles. The molecule has 0 N–H and O–H groups in total. The summed E-state index contributed by atoms with van der Waals surface area (Å²) in [6.45, 7) is 4.94. The van der Waals surface area contributed by atoms with Crippen molar-refractivity contribution in [1.29, 1.82) is 0 Å². The van der Waals surface area contributed by atoms with E-state index in [1.807, 2.05) is 18.2 Å². The summed E-state index contributed by atoms with van der Waals surface area (Å²) in [5.74, 6) is 2.15. The molecule has 20 heavy (non-hydrogen) atoms. The molecule has 0 saturated carbocycles. The highest BCUT2D eigenvalue weighted by Crippen LogP contribution is 2.38. The van der Waals surface area contributed by atoms with Crippen LogP contribution in [0.15, 0.2) is 46.9 Å². The standard InChI is InChI=1S/C17H17BrO2/c1-11(2)12-3-5-13(6-4-12)17-10-19-16-9-14(18)7-8-15(16)20-17/h3-9,11,17H,10H2,1-2H3. The van der Waals surface area contributed by atoms with Crippen molar-refractivity contribution in [3.05, 3.63) is 58.1 Å². The minimum atomic E-state index is -0.0371. The van der Waals surface area contributed by atoms with Gasteiger partial charge in [-0.1, -0.05) is 54.0 Å². The van der Waals surface area contributed by atoms with Crippen LogP contribution in [0.1, 0.15) is 37.0 Å². The van der Waals surface area contributed by atoms with Gasteiger partial charge in [0.05, 0.1) is 0 Å². The van der Waals surface area contributed by atoms with Crippen LogP contribution in [0.5, 0.6) is 11.5 Å². The number of rotatable bonds is 2. The third-order valence-corrected chi connectivity index (χ3v) is 4.03. The minimum absolute atomic E-state index is 0.0371. The van der Waals surface area contributed by atoms with E-state index in [0.717, 1.165) is 21.5 Å². The van der Waals surface area contributed by atoms with E-state index in [9.17, 15) is 0 Å². The molecule has 1 unspecified atom stereocenters. The van der Waals surface area contributed by atoms with Crippen molar-refractivity contribution in [2.45, 2.75) is 25.9 Å². The zero-order valence-corrected chi connectivity index (χ0v) is 13.2. The summed E-state index contributed by atoms with van der Waals surface area (Å²) in [5.41, 5.74) is 2.50.